The van der Waals surface area contributed by atoms with Crippen molar-refractivity contribution in [3.63, 3.8) is 0 Å². The summed E-state index contributed by atoms with van der Waals surface area (Å²) in [7, 11) is 0. The van der Waals surface area contributed by atoms with E-state index in [2.05, 4.69) is 46.5 Å². The van der Waals surface area contributed by atoms with Crippen molar-refractivity contribution in [1.29, 1.82) is 0 Å². The molecule has 0 spiro atoms. The molecule has 0 saturated heterocycles. The molecule has 3 aromatic rings. The van der Waals surface area contributed by atoms with Gasteiger partial charge in [0.25, 0.3) is 11.5 Å². The van der Waals surface area contributed by atoms with Gasteiger partial charge in [-0.25, -0.2) is 9.36 Å². The number of aryl methyl sites for hydroxylation is 2. The molecule has 0 unspecified atom stereocenters. The van der Waals surface area contributed by atoms with Gasteiger partial charge in [0.15, 0.2) is 5.82 Å². The van der Waals surface area contributed by atoms with Crippen molar-refractivity contribution in [1.82, 2.24) is 35.1 Å². The van der Waals surface area contributed by atoms with Gasteiger partial charge in [0.1, 0.15) is 5.69 Å². The van der Waals surface area contributed by atoms with Crippen LogP contribution in [-0.2, 0) is 5.41 Å². The molecule has 1 fully saturated rings. The predicted molar refractivity (Wildman–Crippen MR) is 121 cm³/mol. The van der Waals surface area contributed by atoms with Crippen LogP contribution in [0.3, 0.4) is 0 Å². The molecule has 9 nitrogen and oxygen atoms in total. The van der Waals surface area contributed by atoms with Crippen LogP contribution >= 0.6 is 0 Å². The standard InChI is InChI=1S/C23H31N7O2/c1-14-12-15(2)29(27-14)20-10-11-21(31)30(28-20)17-8-6-16(7-9-17)24-22(32)18-13-19(26-25-18)23(3,4)5/h10-13,16-17H,6-9H2,1-5H3,(H,24,32)(H,25,26). The molecular weight excluding hydrogens is 406 g/mol. The molecule has 0 radical (unpaired) electrons. The molecule has 0 aromatic carbocycles. The molecule has 3 aromatic heterocycles. The van der Waals surface area contributed by atoms with E-state index in [-0.39, 0.29) is 29.0 Å². The minimum Gasteiger partial charge on any atom is -0.348 e. The molecule has 9 heteroatoms. The van der Waals surface area contributed by atoms with Gasteiger partial charge in [-0.1, -0.05) is 20.8 Å². The van der Waals surface area contributed by atoms with Gasteiger partial charge in [-0.15, -0.1) is 5.10 Å². The maximum absolute atomic E-state index is 12.6. The number of nitrogens with zero attached hydrogens (tertiary/aromatic N) is 5. The van der Waals surface area contributed by atoms with E-state index in [4.69, 9.17) is 0 Å². The molecule has 1 saturated carbocycles. The first-order valence-electron chi connectivity index (χ1n) is 11.1. The van der Waals surface area contributed by atoms with E-state index in [1.165, 1.54) is 0 Å². The lowest BCUT2D eigenvalue weighted by atomic mass is 9.91. The zero-order valence-corrected chi connectivity index (χ0v) is 19.3. The summed E-state index contributed by atoms with van der Waals surface area (Å²) in [5.74, 6) is 0.473. The molecule has 1 aliphatic rings. The summed E-state index contributed by atoms with van der Waals surface area (Å²) < 4.78 is 3.33. The second-order valence-corrected chi connectivity index (χ2v) is 9.71. The zero-order chi connectivity index (χ0) is 23.0. The molecule has 2 N–H and O–H groups in total. The molecule has 1 amide bonds. The van der Waals surface area contributed by atoms with Crippen molar-refractivity contribution in [2.45, 2.75) is 77.8 Å². The number of aromatic amines is 1. The van der Waals surface area contributed by atoms with Gasteiger partial charge in [0.2, 0.25) is 0 Å². The minimum atomic E-state index is -0.165. The van der Waals surface area contributed by atoms with Gasteiger partial charge in [0.05, 0.1) is 11.7 Å². The van der Waals surface area contributed by atoms with Gasteiger partial charge >= 0.3 is 0 Å². The van der Waals surface area contributed by atoms with Crippen LogP contribution in [0.4, 0.5) is 0 Å². The lowest BCUT2D eigenvalue weighted by Crippen LogP contribution is -2.39. The summed E-state index contributed by atoms with van der Waals surface area (Å²) >= 11 is 0. The summed E-state index contributed by atoms with van der Waals surface area (Å²) in [5, 5.41) is 19.3. The van der Waals surface area contributed by atoms with Crippen molar-refractivity contribution in [2.24, 2.45) is 0 Å². The monoisotopic (exact) mass is 437 g/mol. The van der Waals surface area contributed by atoms with Crippen LogP contribution in [0.2, 0.25) is 0 Å². The lowest BCUT2D eigenvalue weighted by Gasteiger charge is -2.29. The van der Waals surface area contributed by atoms with Gasteiger partial charge in [-0.05, 0) is 57.7 Å². The normalized spacial score (nSPS) is 19.2. The second kappa shape index (κ2) is 8.37. The molecule has 4 rings (SSSR count). The topological polar surface area (TPSA) is 110 Å². The smallest absolute Gasteiger partial charge is 0.271 e. The third kappa shape index (κ3) is 4.51. The molecule has 0 aliphatic heterocycles. The van der Waals surface area contributed by atoms with Crippen molar-refractivity contribution in [2.75, 3.05) is 0 Å². The first-order chi connectivity index (χ1) is 15.1. The Kier molecular flexibility index (Phi) is 5.75. The second-order valence-electron chi connectivity index (χ2n) is 9.71. The third-order valence-electron chi connectivity index (χ3n) is 6.03. The number of H-pyrrole nitrogens is 1. The maximum Gasteiger partial charge on any atom is 0.271 e. The fourth-order valence-corrected chi connectivity index (χ4v) is 4.20. The Bertz CT molecular complexity index is 1170. The highest BCUT2D eigenvalue weighted by Crippen LogP contribution is 2.27. The van der Waals surface area contributed by atoms with Crippen LogP contribution in [-0.4, -0.2) is 41.7 Å². The quantitative estimate of drug-likeness (QED) is 0.652. The Morgan fingerprint density at radius 1 is 1.09 bits per heavy atom. The largest absolute Gasteiger partial charge is 0.348 e. The first kappa shape index (κ1) is 22.0. The van der Waals surface area contributed by atoms with Crippen LogP contribution in [0.1, 0.15) is 80.1 Å². The summed E-state index contributed by atoms with van der Waals surface area (Å²) in [6, 6.07) is 7.12. The molecule has 3 heterocycles. The Hall–Kier alpha value is -3.23. The molecule has 32 heavy (non-hydrogen) atoms. The highest BCUT2D eigenvalue weighted by molar-refractivity contribution is 5.92. The van der Waals surface area contributed by atoms with Crippen LogP contribution in [0, 0.1) is 13.8 Å². The number of rotatable bonds is 4. The van der Waals surface area contributed by atoms with Crippen molar-refractivity contribution >= 4 is 5.91 Å². The number of hydrogen-bond acceptors (Lipinski definition) is 5. The summed E-state index contributed by atoms with van der Waals surface area (Å²) in [6.07, 6.45) is 3.11. The average Bonchev–Trinajstić information content (AvgIpc) is 3.36. The highest BCUT2D eigenvalue weighted by Gasteiger charge is 2.27. The number of amides is 1. The van der Waals surface area contributed by atoms with Crippen molar-refractivity contribution in [3.8, 4) is 5.82 Å². The van der Waals surface area contributed by atoms with Crippen LogP contribution in [0.15, 0.2) is 29.1 Å². The Balaban J connectivity index is 1.41. The van der Waals surface area contributed by atoms with E-state index in [0.717, 1.165) is 42.8 Å². The molecule has 0 atom stereocenters. The first-order valence-corrected chi connectivity index (χ1v) is 11.1. The van der Waals surface area contributed by atoms with Crippen LogP contribution in [0.25, 0.3) is 5.82 Å². The van der Waals surface area contributed by atoms with Crippen LogP contribution < -0.4 is 10.9 Å². The highest BCUT2D eigenvalue weighted by atomic mass is 16.2. The molecule has 1 aliphatic carbocycles. The van der Waals surface area contributed by atoms with Gasteiger partial charge < -0.3 is 5.32 Å². The minimum absolute atomic E-state index is 0.00504. The van der Waals surface area contributed by atoms with E-state index in [0.29, 0.717) is 11.5 Å². The summed E-state index contributed by atoms with van der Waals surface area (Å²) in [5.41, 5.74) is 3.01. The molecule has 170 valence electrons. The van der Waals surface area contributed by atoms with E-state index >= 15 is 0 Å². The molecule has 0 bridgehead atoms. The van der Waals surface area contributed by atoms with Crippen molar-refractivity contribution in [3.05, 3.63) is 57.4 Å². The van der Waals surface area contributed by atoms with E-state index < -0.39 is 0 Å². The number of aromatic nitrogens is 6. The summed E-state index contributed by atoms with van der Waals surface area (Å²) in [6.45, 7) is 10.1. The van der Waals surface area contributed by atoms with Gasteiger partial charge in [0, 0.05) is 28.9 Å². The Labute approximate surface area is 187 Å². The lowest BCUT2D eigenvalue weighted by molar-refractivity contribution is 0.0916. The maximum atomic E-state index is 12.6. The SMILES string of the molecule is Cc1cc(C)n(-c2ccc(=O)n(C3CCC(NC(=O)c4cc(C(C)(C)C)[nH]n4)CC3)n2)n1. The van der Waals surface area contributed by atoms with Gasteiger partial charge in [-0.3, -0.25) is 14.7 Å². The fraction of sp³-hybridized carbons (Fsp3) is 0.522. The number of nitrogens with one attached hydrogen (secondary N) is 2. The summed E-state index contributed by atoms with van der Waals surface area (Å²) in [4.78, 5) is 25.1. The van der Waals surface area contributed by atoms with E-state index in [1.807, 2.05) is 26.0 Å². The Morgan fingerprint density at radius 2 is 1.81 bits per heavy atom. The van der Waals surface area contributed by atoms with E-state index in [1.54, 1.807) is 21.5 Å². The zero-order valence-electron chi connectivity index (χ0n) is 19.3. The molecular formula is C23H31N7O2. The van der Waals surface area contributed by atoms with E-state index in [9.17, 15) is 9.59 Å². The van der Waals surface area contributed by atoms with Crippen molar-refractivity contribution < 1.29 is 4.79 Å². The Morgan fingerprint density at radius 3 is 2.41 bits per heavy atom. The number of carbonyl (C=O) groups is 1. The number of carbonyl (C=O) groups excluding carboxylic acids is 1. The predicted octanol–water partition coefficient (Wildman–Crippen LogP) is 2.98. The average molecular weight is 438 g/mol. The third-order valence-corrected chi connectivity index (χ3v) is 6.03. The number of hydrogen-bond donors (Lipinski definition) is 2. The fourth-order valence-electron chi connectivity index (χ4n) is 4.20. The van der Waals surface area contributed by atoms with Gasteiger partial charge in [-0.2, -0.15) is 10.2 Å². The van der Waals surface area contributed by atoms with Crippen LogP contribution in [0.5, 0.6) is 0 Å².